The van der Waals surface area contributed by atoms with Crippen LogP contribution in [0.3, 0.4) is 0 Å². The van der Waals surface area contributed by atoms with Gasteiger partial charge < -0.3 is 24.4 Å². The second kappa shape index (κ2) is 11.5. The van der Waals surface area contributed by atoms with Crippen molar-refractivity contribution in [2.45, 2.75) is 76.5 Å². The van der Waals surface area contributed by atoms with E-state index in [1.807, 2.05) is 49.9 Å². The van der Waals surface area contributed by atoms with Gasteiger partial charge >= 0.3 is 18.2 Å². The average molecular weight is 549 g/mol. The van der Waals surface area contributed by atoms with E-state index in [1.165, 1.54) is 29.4 Å². The Balaban J connectivity index is 1.24. The van der Waals surface area contributed by atoms with Crippen molar-refractivity contribution in [3.63, 3.8) is 0 Å². The highest BCUT2D eigenvalue weighted by atomic mass is 16.6. The fraction of sp³-hybridized carbons (Fsp3) is 0.531. The zero-order valence-electron chi connectivity index (χ0n) is 23.9. The molecule has 3 aliphatic carbocycles. The van der Waals surface area contributed by atoms with Gasteiger partial charge in [-0.05, 0) is 81.0 Å². The summed E-state index contributed by atoms with van der Waals surface area (Å²) in [5.74, 6) is -0.330. The van der Waals surface area contributed by atoms with E-state index >= 15 is 0 Å². The average Bonchev–Trinajstić information content (AvgIpc) is 3.63. The third-order valence-corrected chi connectivity index (χ3v) is 8.29. The van der Waals surface area contributed by atoms with Gasteiger partial charge in [0.15, 0.2) is 0 Å². The van der Waals surface area contributed by atoms with Crippen LogP contribution in [0.25, 0.3) is 11.1 Å². The zero-order chi connectivity index (χ0) is 28.4. The number of alkyl carbamates (subject to hydrolysis) is 1. The van der Waals surface area contributed by atoms with Gasteiger partial charge in [-0.25, -0.2) is 9.59 Å². The second-order valence-corrected chi connectivity index (χ2v) is 12.2. The molecule has 0 aromatic heterocycles. The van der Waals surface area contributed by atoms with E-state index in [9.17, 15) is 14.4 Å². The molecule has 2 amide bonds. The van der Waals surface area contributed by atoms with Crippen LogP contribution < -0.4 is 5.32 Å². The Morgan fingerprint density at radius 1 is 0.925 bits per heavy atom. The standard InChI is InChI=1S/C32H40N2O6/c1-32(2,3)40-30(36)33-21-13-15-22(16-14-21)34(18-20-17-27(20)29(35)38-4)31(37)39-19-28-25-11-7-5-9-23(25)24-10-6-8-12-26(24)28/h5-12,20-22,27-28H,13-19H2,1-4H3,(H,33,36)/t20-,21?,22?,27-/m1/s1. The number of fused-ring (bicyclic) bond motifs is 3. The van der Waals surface area contributed by atoms with Crippen LogP contribution in [0.5, 0.6) is 0 Å². The Bertz CT molecular complexity index is 1200. The van der Waals surface area contributed by atoms with Gasteiger partial charge in [-0.15, -0.1) is 0 Å². The van der Waals surface area contributed by atoms with Gasteiger partial charge in [-0.1, -0.05) is 48.5 Å². The highest BCUT2D eigenvalue weighted by molar-refractivity contribution is 5.79. The van der Waals surface area contributed by atoms with Crippen LogP contribution in [-0.4, -0.2) is 61.0 Å². The molecule has 3 aliphatic rings. The minimum atomic E-state index is -0.553. The van der Waals surface area contributed by atoms with Gasteiger partial charge in [0, 0.05) is 24.5 Å². The first-order valence-electron chi connectivity index (χ1n) is 14.3. The van der Waals surface area contributed by atoms with Crippen LogP contribution in [0.2, 0.25) is 0 Å². The van der Waals surface area contributed by atoms with Crippen LogP contribution >= 0.6 is 0 Å². The molecule has 1 N–H and O–H groups in total. The number of ether oxygens (including phenoxy) is 3. The molecule has 0 saturated heterocycles. The molecule has 2 aromatic rings. The first kappa shape index (κ1) is 28.0. The SMILES string of the molecule is COC(=O)[C@@H]1C[C@@H]1CN(C(=O)OCC1c2ccccc2-c2ccccc21)C1CCC(NC(=O)OC(C)(C)C)CC1. The molecular weight excluding hydrogens is 508 g/mol. The molecule has 2 atom stereocenters. The summed E-state index contributed by atoms with van der Waals surface area (Å²) in [5.41, 5.74) is 4.16. The van der Waals surface area contributed by atoms with Gasteiger partial charge in [0.05, 0.1) is 13.0 Å². The van der Waals surface area contributed by atoms with Crippen molar-refractivity contribution in [2.24, 2.45) is 11.8 Å². The van der Waals surface area contributed by atoms with Gasteiger partial charge in [-0.3, -0.25) is 4.79 Å². The molecule has 0 bridgehead atoms. The Kier molecular flexibility index (Phi) is 8.06. The normalized spacial score (nSPS) is 23.4. The molecular formula is C32H40N2O6. The fourth-order valence-corrected chi connectivity index (χ4v) is 6.20. The number of esters is 1. The smallest absolute Gasteiger partial charge is 0.410 e. The molecule has 2 aromatic carbocycles. The van der Waals surface area contributed by atoms with Gasteiger partial charge in [-0.2, -0.15) is 0 Å². The van der Waals surface area contributed by atoms with Crippen LogP contribution in [0.1, 0.15) is 69.9 Å². The van der Waals surface area contributed by atoms with E-state index in [4.69, 9.17) is 14.2 Å². The first-order valence-corrected chi connectivity index (χ1v) is 14.3. The predicted octanol–water partition coefficient (Wildman–Crippen LogP) is 5.88. The maximum Gasteiger partial charge on any atom is 0.410 e. The maximum absolute atomic E-state index is 13.6. The van der Waals surface area contributed by atoms with Crippen LogP contribution in [0.15, 0.2) is 48.5 Å². The number of hydrogen-bond acceptors (Lipinski definition) is 6. The fourth-order valence-electron chi connectivity index (χ4n) is 6.20. The Labute approximate surface area is 236 Å². The minimum Gasteiger partial charge on any atom is -0.469 e. The van der Waals surface area contributed by atoms with Crippen molar-refractivity contribution < 1.29 is 28.6 Å². The first-order chi connectivity index (χ1) is 19.1. The van der Waals surface area contributed by atoms with E-state index in [0.29, 0.717) is 6.54 Å². The van der Waals surface area contributed by atoms with Gasteiger partial charge in [0.25, 0.3) is 0 Å². The van der Waals surface area contributed by atoms with E-state index in [0.717, 1.165) is 32.1 Å². The van der Waals surface area contributed by atoms with Crippen molar-refractivity contribution >= 4 is 18.2 Å². The number of hydrogen-bond donors (Lipinski definition) is 1. The van der Waals surface area contributed by atoms with E-state index in [1.54, 1.807) is 0 Å². The van der Waals surface area contributed by atoms with Crippen molar-refractivity contribution in [3.05, 3.63) is 59.7 Å². The number of nitrogens with one attached hydrogen (secondary N) is 1. The van der Waals surface area contributed by atoms with Crippen LogP contribution in [0, 0.1) is 11.8 Å². The molecule has 0 radical (unpaired) electrons. The summed E-state index contributed by atoms with van der Waals surface area (Å²) in [6, 6.07) is 16.5. The van der Waals surface area contributed by atoms with Crippen molar-refractivity contribution in [1.82, 2.24) is 10.2 Å². The number of amides is 2. The Morgan fingerprint density at radius 2 is 1.52 bits per heavy atom. The molecule has 0 aliphatic heterocycles. The van der Waals surface area contributed by atoms with Crippen LogP contribution in [-0.2, 0) is 19.0 Å². The lowest BCUT2D eigenvalue weighted by molar-refractivity contribution is -0.142. The molecule has 8 nitrogen and oxygen atoms in total. The van der Waals surface area contributed by atoms with Gasteiger partial charge in [0.2, 0.25) is 0 Å². The van der Waals surface area contributed by atoms with E-state index in [-0.39, 0.29) is 48.5 Å². The Morgan fingerprint density at radius 3 is 2.10 bits per heavy atom. The number of carbonyl (C=O) groups is 3. The molecule has 2 saturated carbocycles. The molecule has 0 spiro atoms. The summed E-state index contributed by atoms with van der Waals surface area (Å²) >= 11 is 0. The van der Waals surface area contributed by atoms with E-state index < -0.39 is 11.7 Å². The summed E-state index contributed by atoms with van der Waals surface area (Å²) in [4.78, 5) is 39.8. The van der Waals surface area contributed by atoms with Crippen LogP contribution in [0.4, 0.5) is 9.59 Å². The summed E-state index contributed by atoms with van der Waals surface area (Å²) in [6.07, 6.45) is 2.91. The third kappa shape index (κ3) is 6.26. The highest BCUT2D eigenvalue weighted by Gasteiger charge is 2.47. The number of rotatable bonds is 7. The summed E-state index contributed by atoms with van der Waals surface area (Å²) in [7, 11) is 1.40. The van der Waals surface area contributed by atoms with Crippen molar-refractivity contribution in [3.8, 4) is 11.1 Å². The number of carbonyl (C=O) groups excluding carboxylic acids is 3. The lowest BCUT2D eigenvalue weighted by atomic mass is 9.90. The van der Waals surface area contributed by atoms with Crippen molar-refractivity contribution in [2.75, 3.05) is 20.3 Å². The Hall–Kier alpha value is -3.55. The topological polar surface area (TPSA) is 94.2 Å². The molecule has 5 rings (SSSR count). The summed E-state index contributed by atoms with van der Waals surface area (Å²) in [6.45, 7) is 6.24. The number of benzene rings is 2. The minimum absolute atomic E-state index is 0.000736. The summed E-state index contributed by atoms with van der Waals surface area (Å²) < 4.78 is 16.4. The molecule has 8 heteroatoms. The summed E-state index contributed by atoms with van der Waals surface area (Å²) in [5, 5.41) is 2.97. The lowest BCUT2D eigenvalue weighted by Gasteiger charge is -2.37. The predicted molar refractivity (Wildman–Crippen MR) is 151 cm³/mol. The lowest BCUT2D eigenvalue weighted by Crippen LogP contribution is -2.48. The van der Waals surface area contributed by atoms with Crippen molar-refractivity contribution in [1.29, 1.82) is 0 Å². The largest absolute Gasteiger partial charge is 0.469 e. The van der Waals surface area contributed by atoms with Gasteiger partial charge in [0.1, 0.15) is 12.2 Å². The molecule has 40 heavy (non-hydrogen) atoms. The quantitative estimate of drug-likeness (QED) is 0.343. The molecule has 0 heterocycles. The third-order valence-electron chi connectivity index (χ3n) is 8.29. The monoisotopic (exact) mass is 548 g/mol. The second-order valence-electron chi connectivity index (χ2n) is 12.2. The van der Waals surface area contributed by atoms with E-state index in [2.05, 4.69) is 29.6 Å². The molecule has 2 fully saturated rings. The highest BCUT2D eigenvalue weighted by Crippen LogP contribution is 2.45. The number of methoxy groups -OCH3 is 1. The zero-order valence-corrected chi connectivity index (χ0v) is 23.9. The maximum atomic E-state index is 13.6. The molecule has 0 unspecified atom stereocenters. The number of nitrogens with zero attached hydrogens (tertiary/aromatic N) is 1. The molecule has 214 valence electrons.